The highest BCUT2D eigenvalue weighted by atomic mass is 35.5. The maximum absolute atomic E-state index is 13.4. The summed E-state index contributed by atoms with van der Waals surface area (Å²) in [5.74, 6) is 0.184. The number of nitrogens with zero attached hydrogens (tertiary/aromatic N) is 3. The minimum Gasteiger partial charge on any atom is -0.497 e. The SMILES string of the molecule is CCOC(=O)c1c2c(nn1CCN[C@H](C)c1ccc(OC)cc1)C[C@@H](C)N(C(=O)c1ccc(Cl)c(Cl)c1)C2. The summed E-state index contributed by atoms with van der Waals surface area (Å²) in [6.45, 7) is 7.37. The third-order valence-electron chi connectivity index (χ3n) is 6.77. The maximum atomic E-state index is 13.4. The normalized spacial score (nSPS) is 15.6. The first-order valence-corrected chi connectivity index (χ1v) is 13.4. The Bertz CT molecular complexity index is 1310. The molecular weight excluding hydrogens is 527 g/mol. The summed E-state index contributed by atoms with van der Waals surface area (Å²) in [5, 5.41) is 8.97. The third kappa shape index (κ3) is 5.98. The first-order chi connectivity index (χ1) is 18.2. The van der Waals surface area contributed by atoms with E-state index in [4.69, 9.17) is 37.8 Å². The molecule has 202 valence electrons. The lowest BCUT2D eigenvalue weighted by Crippen LogP contribution is -2.42. The Morgan fingerprint density at radius 3 is 2.55 bits per heavy atom. The van der Waals surface area contributed by atoms with E-state index < -0.39 is 5.97 Å². The van der Waals surface area contributed by atoms with Crippen molar-refractivity contribution < 1.29 is 19.1 Å². The highest BCUT2D eigenvalue weighted by Crippen LogP contribution is 2.30. The zero-order chi connectivity index (χ0) is 27.4. The number of methoxy groups -OCH3 is 1. The Labute approximate surface area is 232 Å². The number of fused-ring (bicyclic) bond motifs is 1. The van der Waals surface area contributed by atoms with Gasteiger partial charge in [-0.25, -0.2) is 4.79 Å². The van der Waals surface area contributed by atoms with Crippen molar-refractivity contribution >= 4 is 35.1 Å². The van der Waals surface area contributed by atoms with Crippen molar-refractivity contribution in [2.45, 2.75) is 52.4 Å². The predicted molar refractivity (Wildman–Crippen MR) is 147 cm³/mol. The van der Waals surface area contributed by atoms with Crippen molar-refractivity contribution in [3.05, 3.63) is 80.6 Å². The van der Waals surface area contributed by atoms with Crippen LogP contribution in [0.4, 0.5) is 0 Å². The Kier molecular flexibility index (Phi) is 8.97. The van der Waals surface area contributed by atoms with E-state index in [1.807, 2.05) is 31.2 Å². The van der Waals surface area contributed by atoms with Gasteiger partial charge in [0.05, 0.1) is 42.5 Å². The van der Waals surface area contributed by atoms with E-state index in [2.05, 4.69) is 12.2 Å². The van der Waals surface area contributed by atoms with Gasteiger partial charge in [0.15, 0.2) is 5.69 Å². The number of aromatic nitrogens is 2. The van der Waals surface area contributed by atoms with Gasteiger partial charge in [0, 0.05) is 36.2 Å². The van der Waals surface area contributed by atoms with E-state index >= 15 is 0 Å². The highest BCUT2D eigenvalue weighted by Gasteiger charge is 2.34. The average molecular weight is 559 g/mol. The Morgan fingerprint density at radius 1 is 1.16 bits per heavy atom. The number of carbonyl (C=O) groups excluding carboxylic acids is 2. The minimum atomic E-state index is -0.444. The molecule has 0 bridgehead atoms. The maximum Gasteiger partial charge on any atom is 0.356 e. The Hall–Kier alpha value is -3.07. The number of nitrogens with one attached hydrogen (secondary N) is 1. The summed E-state index contributed by atoms with van der Waals surface area (Å²) < 4.78 is 12.3. The van der Waals surface area contributed by atoms with Gasteiger partial charge < -0.3 is 19.7 Å². The molecule has 1 aliphatic heterocycles. The Balaban J connectivity index is 1.53. The molecule has 0 spiro atoms. The number of esters is 1. The number of benzene rings is 2. The van der Waals surface area contributed by atoms with Crippen molar-refractivity contribution in [3.8, 4) is 5.75 Å². The molecule has 4 rings (SSSR count). The zero-order valence-corrected chi connectivity index (χ0v) is 23.5. The first-order valence-electron chi connectivity index (χ1n) is 12.6. The summed E-state index contributed by atoms with van der Waals surface area (Å²) in [6.07, 6.45) is 0.525. The third-order valence-corrected chi connectivity index (χ3v) is 7.51. The van der Waals surface area contributed by atoms with Crippen LogP contribution in [-0.4, -0.2) is 52.9 Å². The number of rotatable bonds is 9. The van der Waals surface area contributed by atoms with Crippen LogP contribution in [0.25, 0.3) is 0 Å². The lowest BCUT2D eigenvalue weighted by atomic mass is 9.98. The molecule has 2 heterocycles. The van der Waals surface area contributed by atoms with Gasteiger partial charge in [-0.1, -0.05) is 35.3 Å². The zero-order valence-electron chi connectivity index (χ0n) is 22.0. The van der Waals surface area contributed by atoms with Gasteiger partial charge in [-0.05, 0) is 56.7 Å². The molecule has 0 fully saturated rings. The predicted octanol–water partition coefficient (Wildman–Crippen LogP) is 5.31. The molecule has 0 saturated heterocycles. The number of hydrogen-bond acceptors (Lipinski definition) is 6. The number of carbonyl (C=O) groups is 2. The lowest BCUT2D eigenvalue weighted by Gasteiger charge is -2.33. The smallest absolute Gasteiger partial charge is 0.356 e. The standard InChI is InChI=1S/C28H32Cl2N4O4/c1-5-38-28(36)26-22-16-33(27(35)20-8-11-23(29)24(30)15-20)17(2)14-25(22)32-34(26)13-12-31-18(3)19-6-9-21(37-4)10-7-19/h6-11,15,17-18,31H,5,12-14,16H2,1-4H3/t17-,18-/m1/s1. The second-order valence-electron chi connectivity index (χ2n) is 9.28. The van der Waals surface area contributed by atoms with Gasteiger partial charge in [0.25, 0.3) is 5.91 Å². The Morgan fingerprint density at radius 2 is 1.89 bits per heavy atom. The average Bonchev–Trinajstić information content (AvgIpc) is 3.26. The number of amides is 1. The molecule has 1 aromatic heterocycles. The molecule has 1 amide bonds. The van der Waals surface area contributed by atoms with Crippen molar-refractivity contribution in [2.24, 2.45) is 0 Å². The first kappa shape index (κ1) is 28.0. The molecule has 2 aromatic carbocycles. The van der Waals surface area contributed by atoms with E-state index in [-0.39, 0.29) is 31.1 Å². The van der Waals surface area contributed by atoms with Crippen molar-refractivity contribution in [1.29, 1.82) is 0 Å². The number of halogens is 2. The molecule has 8 nitrogen and oxygen atoms in total. The van der Waals surface area contributed by atoms with Crippen LogP contribution in [-0.2, 0) is 24.2 Å². The van der Waals surface area contributed by atoms with E-state index in [0.717, 1.165) is 22.6 Å². The molecule has 3 aromatic rings. The van der Waals surface area contributed by atoms with Gasteiger partial charge in [-0.15, -0.1) is 0 Å². The molecular formula is C28H32Cl2N4O4. The molecule has 38 heavy (non-hydrogen) atoms. The fourth-order valence-electron chi connectivity index (χ4n) is 4.65. The molecule has 0 unspecified atom stereocenters. The number of hydrogen-bond donors (Lipinski definition) is 1. The van der Waals surface area contributed by atoms with Crippen LogP contribution in [0.5, 0.6) is 5.75 Å². The van der Waals surface area contributed by atoms with Gasteiger partial charge in [-0.3, -0.25) is 9.48 Å². The summed E-state index contributed by atoms with van der Waals surface area (Å²) >= 11 is 12.2. The monoisotopic (exact) mass is 558 g/mol. The van der Waals surface area contributed by atoms with E-state index in [0.29, 0.717) is 40.8 Å². The van der Waals surface area contributed by atoms with Gasteiger partial charge in [-0.2, -0.15) is 5.10 Å². The van der Waals surface area contributed by atoms with Crippen LogP contribution in [0.3, 0.4) is 0 Å². The van der Waals surface area contributed by atoms with E-state index in [9.17, 15) is 9.59 Å². The molecule has 1 aliphatic rings. The van der Waals surface area contributed by atoms with E-state index in [1.54, 1.807) is 41.8 Å². The van der Waals surface area contributed by atoms with Gasteiger partial charge in [0.1, 0.15) is 5.75 Å². The molecule has 0 saturated carbocycles. The van der Waals surface area contributed by atoms with E-state index in [1.165, 1.54) is 0 Å². The fraction of sp³-hybridized carbons (Fsp3) is 0.393. The second kappa shape index (κ2) is 12.2. The van der Waals surface area contributed by atoms with Crippen LogP contribution in [0.15, 0.2) is 42.5 Å². The second-order valence-corrected chi connectivity index (χ2v) is 10.1. The molecule has 0 radical (unpaired) electrons. The summed E-state index contributed by atoms with van der Waals surface area (Å²) in [6, 6.07) is 12.7. The summed E-state index contributed by atoms with van der Waals surface area (Å²) in [7, 11) is 1.64. The molecule has 10 heteroatoms. The highest BCUT2D eigenvalue weighted by molar-refractivity contribution is 6.42. The topological polar surface area (TPSA) is 85.7 Å². The quantitative estimate of drug-likeness (QED) is 0.358. The van der Waals surface area contributed by atoms with Crippen LogP contribution in [0.1, 0.15) is 64.5 Å². The molecule has 1 N–H and O–H groups in total. The van der Waals surface area contributed by atoms with Gasteiger partial charge in [0.2, 0.25) is 0 Å². The van der Waals surface area contributed by atoms with Crippen LogP contribution in [0.2, 0.25) is 10.0 Å². The van der Waals surface area contributed by atoms with Crippen LogP contribution >= 0.6 is 23.2 Å². The van der Waals surface area contributed by atoms with Crippen molar-refractivity contribution in [2.75, 3.05) is 20.3 Å². The number of ether oxygens (including phenoxy) is 2. The van der Waals surface area contributed by atoms with Gasteiger partial charge >= 0.3 is 5.97 Å². The fourth-order valence-corrected chi connectivity index (χ4v) is 4.95. The minimum absolute atomic E-state index is 0.0940. The summed E-state index contributed by atoms with van der Waals surface area (Å²) in [4.78, 5) is 28.2. The molecule has 0 aliphatic carbocycles. The van der Waals surface area contributed by atoms with Crippen molar-refractivity contribution in [1.82, 2.24) is 20.0 Å². The summed E-state index contributed by atoms with van der Waals surface area (Å²) in [5.41, 5.74) is 3.48. The lowest BCUT2D eigenvalue weighted by molar-refractivity contribution is 0.0502. The molecule has 2 atom stereocenters. The van der Waals surface area contributed by atoms with Crippen LogP contribution in [0, 0.1) is 0 Å². The van der Waals surface area contributed by atoms with Crippen LogP contribution < -0.4 is 10.1 Å². The largest absolute Gasteiger partial charge is 0.497 e. The van der Waals surface area contributed by atoms with Crippen molar-refractivity contribution in [3.63, 3.8) is 0 Å².